The van der Waals surface area contributed by atoms with E-state index < -0.39 is 10.0 Å². The number of nitrogens with zero attached hydrogens (tertiary/aromatic N) is 4. The predicted molar refractivity (Wildman–Crippen MR) is 139 cm³/mol. The van der Waals surface area contributed by atoms with Gasteiger partial charge in [0.25, 0.3) is 0 Å². The predicted octanol–water partition coefficient (Wildman–Crippen LogP) is 4.53. The monoisotopic (exact) mass is 495 g/mol. The fourth-order valence-electron chi connectivity index (χ4n) is 3.86. The molecule has 1 fully saturated rings. The Morgan fingerprint density at radius 3 is 2.29 bits per heavy atom. The molecule has 1 aromatic heterocycles. The average molecular weight is 496 g/mol. The Bertz CT molecular complexity index is 1220. The molecule has 2 aromatic carbocycles. The van der Waals surface area contributed by atoms with E-state index >= 15 is 0 Å². The van der Waals surface area contributed by atoms with E-state index in [2.05, 4.69) is 29.1 Å². The Morgan fingerprint density at radius 1 is 0.943 bits per heavy atom. The Labute approximate surface area is 208 Å². The summed E-state index contributed by atoms with van der Waals surface area (Å²) in [5, 5.41) is 3.33. The Hall–Kier alpha value is -3.17. The van der Waals surface area contributed by atoms with E-state index in [0.29, 0.717) is 50.3 Å². The van der Waals surface area contributed by atoms with E-state index in [9.17, 15) is 8.42 Å². The standard InChI is InChI=1S/C26H33N5O3S/c1-4-5-18-34-23-10-12-24(13-11-23)35(32,33)31-16-14-30(15-17-31)26-27-21(3)19-25(29-26)28-22-8-6-20(2)7-9-22/h6-13,19H,4-5,14-18H2,1-3H3,(H,27,28,29). The van der Waals surface area contributed by atoms with Gasteiger partial charge in [0.05, 0.1) is 11.5 Å². The number of aryl methyl sites for hydroxylation is 2. The molecule has 35 heavy (non-hydrogen) atoms. The van der Waals surface area contributed by atoms with Crippen molar-refractivity contribution < 1.29 is 13.2 Å². The summed E-state index contributed by atoms with van der Waals surface area (Å²) in [6.45, 7) is 8.50. The van der Waals surface area contributed by atoms with E-state index in [1.165, 1.54) is 9.87 Å². The highest BCUT2D eigenvalue weighted by atomic mass is 32.2. The van der Waals surface area contributed by atoms with Crippen LogP contribution in [-0.4, -0.2) is 55.5 Å². The van der Waals surface area contributed by atoms with Crippen molar-refractivity contribution in [1.82, 2.24) is 14.3 Å². The van der Waals surface area contributed by atoms with Crippen LogP contribution < -0.4 is 15.0 Å². The van der Waals surface area contributed by atoms with Gasteiger partial charge in [0.2, 0.25) is 16.0 Å². The molecule has 0 bridgehead atoms. The molecule has 0 aliphatic carbocycles. The number of unbranched alkanes of at least 4 members (excludes halogenated alkanes) is 1. The minimum atomic E-state index is -3.57. The summed E-state index contributed by atoms with van der Waals surface area (Å²) in [5.41, 5.74) is 3.00. The normalized spacial score (nSPS) is 14.7. The summed E-state index contributed by atoms with van der Waals surface area (Å²) in [6, 6.07) is 16.7. The van der Waals surface area contributed by atoms with E-state index in [1.54, 1.807) is 24.3 Å². The van der Waals surface area contributed by atoms with Crippen molar-refractivity contribution >= 4 is 27.5 Å². The molecule has 0 amide bonds. The molecule has 1 saturated heterocycles. The highest BCUT2D eigenvalue weighted by Gasteiger charge is 2.29. The molecule has 1 aliphatic rings. The first-order chi connectivity index (χ1) is 16.8. The highest BCUT2D eigenvalue weighted by Crippen LogP contribution is 2.23. The number of sulfonamides is 1. The van der Waals surface area contributed by atoms with Gasteiger partial charge in [0, 0.05) is 43.6 Å². The van der Waals surface area contributed by atoms with E-state index in [0.717, 1.165) is 24.2 Å². The zero-order valence-corrected chi connectivity index (χ0v) is 21.4. The van der Waals surface area contributed by atoms with Crippen LogP contribution in [0, 0.1) is 13.8 Å². The van der Waals surface area contributed by atoms with Crippen LogP contribution in [0.25, 0.3) is 0 Å². The van der Waals surface area contributed by atoms with Gasteiger partial charge in [0.15, 0.2) is 0 Å². The van der Waals surface area contributed by atoms with Crippen LogP contribution in [0.4, 0.5) is 17.5 Å². The third-order valence-electron chi connectivity index (χ3n) is 5.92. The topological polar surface area (TPSA) is 87.7 Å². The van der Waals surface area contributed by atoms with Gasteiger partial charge >= 0.3 is 0 Å². The Kier molecular flexibility index (Phi) is 7.87. The molecule has 1 aliphatic heterocycles. The van der Waals surface area contributed by atoms with Crippen LogP contribution >= 0.6 is 0 Å². The number of benzene rings is 2. The number of ether oxygens (including phenoxy) is 1. The number of aromatic nitrogens is 2. The van der Waals surface area contributed by atoms with E-state index in [4.69, 9.17) is 4.74 Å². The molecule has 0 saturated carbocycles. The maximum atomic E-state index is 13.2. The number of piperazine rings is 1. The molecule has 2 heterocycles. The van der Waals surface area contributed by atoms with Gasteiger partial charge < -0.3 is 15.0 Å². The third kappa shape index (κ3) is 6.29. The summed E-state index contributed by atoms with van der Waals surface area (Å²) in [5.74, 6) is 2.01. The summed E-state index contributed by atoms with van der Waals surface area (Å²) in [7, 11) is -3.57. The minimum Gasteiger partial charge on any atom is -0.494 e. The molecular weight excluding hydrogens is 462 g/mol. The zero-order chi connectivity index (χ0) is 24.8. The smallest absolute Gasteiger partial charge is 0.243 e. The van der Waals surface area contributed by atoms with E-state index in [-0.39, 0.29) is 4.90 Å². The second-order valence-corrected chi connectivity index (χ2v) is 10.7. The lowest BCUT2D eigenvalue weighted by molar-refractivity contribution is 0.309. The minimum absolute atomic E-state index is 0.283. The van der Waals surface area contributed by atoms with Crippen molar-refractivity contribution in [3.63, 3.8) is 0 Å². The lowest BCUT2D eigenvalue weighted by Gasteiger charge is -2.34. The third-order valence-corrected chi connectivity index (χ3v) is 7.83. The summed E-state index contributed by atoms with van der Waals surface area (Å²) in [6.07, 6.45) is 2.02. The lowest BCUT2D eigenvalue weighted by atomic mass is 10.2. The zero-order valence-electron chi connectivity index (χ0n) is 20.6. The number of anilines is 3. The van der Waals surface area contributed by atoms with Gasteiger partial charge in [-0.05, 0) is 56.7 Å². The molecule has 3 aromatic rings. The molecule has 0 spiro atoms. The molecule has 0 atom stereocenters. The molecule has 9 heteroatoms. The van der Waals surface area contributed by atoms with Gasteiger partial charge in [0.1, 0.15) is 11.6 Å². The first kappa shape index (κ1) is 24.9. The molecule has 4 rings (SSSR count). The number of hydrogen-bond donors (Lipinski definition) is 1. The van der Waals surface area contributed by atoms with E-state index in [1.807, 2.05) is 42.2 Å². The maximum absolute atomic E-state index is 13.2. The number of rotatable bonds is 9. The fraction of sp³-hybridized carbons (Fsp3) is 0.385. The second kappa shape index (κ2) is 11.0. The summed E-state index contributed by atoms with van der Waals surface area (Å²) in [4.78, 5) is 11.6. The molecule has 1 N–H and O–H groups in total. The summed E-state index contributed by atoms with van der Waals surface area (Å²) >= 11 is 0. The lowest BCUT2D eigenvalue weighted by Crippen LogP contribution is -2.49. The molecule has 0 radical (unpaired) electrons. The van der Waals surface area contributed by atoms with Crippen molar-refractivity contribution in [2.45, 2.75) is 38.5 Å². The Morgan fingerprint density at radius 2 is 1.63 bits per heavy atom. The molecule has 0 unspecified atom stereocenters. The largest absolute Gasteiger partial charge is 0.494 e. The van der Waals surface area contributed by atoms with Crippen LogP contribution in [0.15, 0.2) is 59.5 Å². The van der Waals surface area contributed by atoms with Crippen LogP contribution in [0.3, 0.4) is 0 Å². The quantitative estimate of drug-likeness (QED) is 0.437. The second-order valence-electron chi connectivity index (χ2n) is 8.75. The highest BCUT2D eigenvalue weighted by molar-refractivity contribution is 7.89. The van der Waals surface area contributed by atoms with Crippen molar-refractivity contribution in [3.8, 4) is 5.75 Å². The van der Waals surface area contributed by atoms with Crippen molar-refractivity contribution in [2.75, 3.05) is 43.0 Å². The molecule has 186 valence electrons. The van der Waals surface area contributed by atoms with Crippen molar-refractivity contribution in [2.24, 2.45) is 0 Å². The first-order valence-corrected chi connectivity index (χ1v) is 13.5. The maximum Gasteiger partial charge on any atom is 0.243 e. The summed E-state index contributed by atoms with van der Waals surface area (Å²) < 4.78 is 33.5. The van der Waals surface area contributed by atoms with Gasteiger partial charge in [-0.15, -0.1) is 0 Å². The van der Waals surface area contributed by atoms with Crippen molar-refractivity contribution in [3.05, 3.63) is 65.9 Å². The number of nitrogens with one attached hydrogen (secondary N) is 1. The molecular formula is C26H33N5O3S. The Balaban J connectivity index is 1.40. The van der Waals surface area contributed by atoms with Crippen LogP contribution in [0.5, 0.6) is 5.75 Å². The van der Waals surface area contributed by atoms with Gasteiger partial charge in [-0.3, -0.25) is 0 Å². The van der Waals surface area contributed by atoms with Crippen LogP contribution in [0.2, 0.25) is 0 Å². The van der Waals surface area contributed by atoms with Gasteiger partial charge in [-0.2, -0.15) is 9.29 Å². The number of hydrogen-bond acceptors (Lipinski definition) is 7. The van der Waals surface area contributed by atoms with Gasteiger partial charge in [-0.1, -0.05) is 31.0 Å². The molecule has 8 nitrogen and oxygen atoms in total. The van der Waals surface area contributed by atoms with Crippen molar-refractivity contribution in [1.29, 1.82) is 0 Å². The van der Waals surface area contributed by atoms with Crippen LogP contribution in [0.1, 0.15) is 31.0 Å². The first-order valence-electron chi connectivity index (χ1n) is 12.0. The van der Waals surface area contributed by atoms with Gasteiger partial charge in [-0.25, -0.2) is 13.4 Å². The fourth-order valence-corrected chi connectivity index (χ4v) is 5.29. The average Bonchev–Trinajstić information content (AvgIpc) is 2.86. The SMILES string of the molecule is CCCCOc1ccc(S(=O)(=O)N2CCN(c3nc(C)cc(Nc4ccc(C)cc4)n3)CC2)cc1. The van der Waals surface area contributed by atoms with Crippen LogP contribution in [-0.2, 0) is 10.0 Å².